The van der Waals surface area contributed by atoms with E-state index in [1.165, 1.54) is 18.2 Å². The van der Waals surface area contributed by atoms with E-state index in [4.69, 9.17) is 9.47 Å². The molecular formula is C17H19FO3. The summed E-state index contributed by atoms with van der Waals surface area (Å²) < 4.78 is 24.0. The summed E-state index contributed by atoms with van der Waals surface area (Å²) in [7, 11) is 1.67. The van der Waals surface area contributed by atoms with Crippen molar-refractivity contribution in [3.8, 4) is 11.5 Å². The normalized spacial score (nSPS) is 12.2. The third-order valence-corrected chi connectivity index (χ3v) is 3.17. The van der Waals surface area contributed by atoms with Gasteiger partial charge in [0.2, 0.25) is 0 Å². The maximum atomic E-state index is 13.2. The number of rotatable bonds is 6. The minimum Gasteiger partial charge on any atom is -0.457 e. The molecule has 2 rings (SSSR count). The zero-order chi connectivity index (χ0) is 15.2. The van der Waals surface area contributed by atoms with Crippen LogP contribution >= 0.6 is 0 Å². The van der Waals surface area contributed by atoms with Gasteiger partial charge in [0.05, 0.1) is 12.7 Å². The van der Waals surface area contributed by atoms with Crippen LogP contribution in [-0.2, 0) is 11.2 Å². The molecule has 2 aromatic carbocycles. The van der Waals surface area contributed by atoms with Crippen LogP contribution < -0.4 is 4.74 Å². The molecule has 0 saturated heterocycles. The lowest BCUT2D eigenvalue weighted by Crippen LogP contribution is -1.98. The van der Waals surface area contributed by atoms with Gasteiger partial charge >= 0.3 is 0 Å². The van der Waals surface area contributed by atoms with Gasteiger partial charge in [-0.25, -0.2) is 4.39 Å². The quantitative estimate of drug-likeness (QED) is 0.878. The first kappa shape index (κ1) is 15.5. The number of benzene rings is 2. The summed E-state index contributed by atoms with van der Waals surface area (Å²) in [5.41, 5.74) is 1.58. The van der Waals surface area contributed by atoms with E-state index in [9.17, 15) is 9.50 Å². The van der Waals surface area contributed by atoms with Gasteiger partial charge in [0, 0.05) is 12.7 Å². The molecule has 0 radical (unpaired) electrons. The van der Waals surface area contributed by atoms with Gasteiger partial charge in [0.1, 0.15) is 17.3 Å². The van der Waals surface area contributed by atoms with Gasteiger partial charge in [-0.15, -0.1) is 0 Å². The lowest BCUT2D eigenvalue weighted by molar-refractivity contribution is 0.195. The van der Waals surface area contributed by atoms with Crippen molar-refractivity contribution < 1.29 is 19.0 Å². The summed E-state index contributed by atoms with van der Waals surface area (Å²) in [4.78, 5) is 0. The van der Waals surface area contributed by atoms with E-state index in [2.05, 4.69) is 0 Å². The summed E-state index contributed by atoms with van der Waals surface area (Å²) >= 11 is 0. The molecule has 0 saturated carbocycles. The zero-order valence-corrected chi connectivity index (χ0v) is 12.2. The highest BCUT2D eigenvalue weighted by Crippen LogP contribution is 2.30. The van der Waals surface area contributed by atoms with Gasteiger partial charge in [0.15, 0.2) is 0 Å². The van der Waals surface area contributed by atoms with Gasteiger partial charge < -0.3 is 14.6 Å². The number of halogens is 1. The fourth-order valence-electron chi connectivity index (χ4n) is 2.01. The van der Waals surface area contributed by atoms with Crippen molar-refractivity contribution in [2.45, 2.75) is 19.4 Å². The summed E-state index contributed by atoms with van der Waals surface area (Å²) in [6.45, 7) is 2.25. The van der Waals surface area contributed by atoms with Gasteiger partial charge in [-0.2, -0.15) is 0 Å². The first-order valence-electron chi connectivity index (χ1n) is 6.83. The maximum absolute atomic E-state index is 13.2. The Hall–Kier alpha value is -1.91. The third kappa shape index (κ3) is 4.28. The smallest absolute Gasteiger partial charge is 0.133 e. The monoisotopic (exact) mass is 290 g/mol. The van der Waals surface area contributed by atoms with E-state index in [0.717, 1.165) is 12.0 Å². The van der Waals surface area contributed by atoms with Crippen molar-refractivity contribution in [2.75, 3.05) is 13.7 Å². The molecule has 112 valence electrons. The van der Waals surface area contributed by atoms with E-state index in [1.807, 2.05) is 24.3 Å². The predicted octanol–water partition coefficient (Wildman–Crippen LogP) is 3.86. The minimum atomic E-state index is -0.795. The van der Waals surface area contributed by atoms with Crippen LogP contribution in [0, 0.1) is 5.82 Å². The molecule has 0 aromatic heterocycles. The lowest BCUT2D eigenvalue weighted by Gasteiger charge is -2.13. The van der Waals surface area contributed by atoms with Gasteiger partial charge in [0.25, 0.3) is 0 Å². The molecule has 0 heterocycles. The van der Waals surface area contributed by atoms with Crippen molar-refractivity contribution in [3.63, 3.8) is 0 Å². The van der Waals surface area contributed by atoms with Gasteiger partial charge in [-0.1, -0.05) is 12.1 Å². The Balaban J connectivity index is 2.14. The van der Waals surface area contributed by atoms with Crippen molar-refractivity contribution in [1.29, 1.82) is 0 Å². The molecule has 21 heavy (non-hydrogen) atoms. The van der Waals surface area contributed by atoms with Crippen molar-refractivity contribution in [2.24, 2.45) is 0 Å². The second-order valence-corrected chi connectivity index (χ2v) is 4.85. The topological polar surface area (TPSA) is 38.7 Å². The molecule has 0 fully saturated rings. The Morgan fingerprint density at radius 1 is 1.14 bits per heavy atom. The molecular weight excluding hydrogens is 271 g/mol. The summed E-state index contributed by atoms with van der Waals surface area (Å²) in [5, 5.41) is 9.69. The van der Waals surface area contributed by atoms with E-state index in [-0.39, 0.29) is 0 Å². The first-order valence-corrected chi connectivity index (χ1v) is 6.83. The van der Waals surface area contributed by atoms with Crippen LogP contribution in [0.25, 0.3) is 0 Å². The van der Waals surface area contributed by atoms with Crippen LogP contribution in [0.4, 0.5) is 4.39 Å². The molecule has 0 aliphatic carbocycles. The standard InChI is InChI=1S/C17H19FO3/c1-12(19)16-11-14(18)5-8-17(16)21-15-6-3-13(4-7-15)9-10-20-2/h3-8,11-12,19H,9-10H2,1-2H3. The van der Waals surface area contributed by atoms with Crippen molar-refractivity contribution >= 4 is 0 Å². The Bertz CT molecular complexity index is 579. The third-order valence-electron chi connectivity index (χ3n) is 3.17. The predicted molar refractivity (Wildman–Crippen MR) is 79.1 cm³/mol. The fourth-order valence-corrected chi connectivity index (χ4v) is 2.01. The number of aliphatic hydroxyl groups excluding tert-OH is 1. The van der Waals surface area contributed by atoms with E-state index in [1.54, 1.807) is 14.0 Å². The molecule has 1 unspecified atom stereocenters. The molecule has 3 nitrogen and oxygen atoms in total. The highest BCUT2D eigenvalue weighted by atomic mass is 19.1. The molecule has 0 amide bonds. The summed E-state index contributed by atoms with van der Waals surface area (Å²) in [5.74, 6) is 0.703. The maximum Gasteiger partial charge on any atom is 0.133 e. The molecule has 2 aromatic rings. The number of ether oxygens (including phenoxy) is 2. The SMILES string of the molecule is COCCc1ccc(Oc2ccc(F)cc2C(C)O)cc1. The summed E-state index contributed by atoms with van der Waals surface area (Å²) in [6, 6.07) is 11.7. The first-order chi connectivity index (χ1) is 10.1. The molecule has 0 spiro atoms. The Morgan fingerprint density at radius 2 is 1.86 bits per heavy atom. The molecule has 4 heteroatoms. The number of hydrogen-bond acceptors (Lipinski definition) is 3. The van der Waals surface area contributed by atoms with Crippen LogP contribution in [0.2, 0.25) is 0 Å². The average molecular weight is 290 g/mol. The lowest BCUT2D eigenvalue weighted by atomic mass is 10.1. The molecule has 0 aliphatic heterocycles. The largest absolute Gasteiger partial charge is 0.457 e. The van der Waals surface area contributed by atoms with Gasteiger partial charge in [-0.3, -0.25) is 0 Å². The Morgan fingerprint density at radius 3 is 2.48 bits per heavy atom. The molecule has 0 aliphatic rings. The zero-order valence-electron chi connectivity index (χ0n) is 12.2. The minimum absolute atomic E-state index is 0.395. The van der Waals surface area contributed by atoms with Gasteiger partial charge in [-0.05, 0) is 49.2 Å². The van der Waals surface area contributed by atoms with Crippen LogP contribution in [0.15, 0.2) is 42.5 Å². The number of aliphatic hydroxyl groups is 1. The van der Waals surface area contributed by atoms with E-state index in [0.29, 0.717) is 23.7 Å². The fraction of sp³-hybridized carbons (Fsp3) is 0.294. The average Bonchev–Trinajstić information content (AvgIpc) is 2.48. The Labute approximate surface area is 124 Å². The second kappa shape index (κ2) is 7.20. The van der Waals surface area contributed by atoms with E-state index < -0.39 is 11.9 Å². The van der Waals surface area contributed by atoms with E-state index >= 15 is 0 Å². The van der Waals surface area contributed by atoms with Crippen LogP contribution in [-0.4, -0.2) is 18.8 Å². The molecule has 1 N–H and O–H groups in total. The highest BCUT2D eigenvalue weighted by molar-refractivity contribution is 5.40. The molecule has 0 bridgehead atoms. The van der Waals surface area contributed by atoms with Crippen molar-refractivity contribution in [1.82, 2.24) is 0 Å². The van der Waals surface area contributed by atoms with Crippen LogP contribution in [0.5, 0.6) is 11.5 Å². The van der Waals surface area contributed by atoms with Crippen LogP contribution in [0.1, 0.15) is 24.2 Å². The second-order valence-electron chi connectivity index (χ2n) is 4.85. The number of hydrogen-bond donors (Lipinski definition) is 1. The highest BCUT2D eigenvalue weighted by Gasteiger charge is 2.11. The summed E-state index contributed by atoms with van der Waals surface area (Å²) in [6.07, 6.45) is 0.0448. The molecule has 1 atom stereocenters. The van der Waals surface area contributed by atoms with Crippen LogP contribution in [0.3, 0.4) is 0 Å². The Kier molecular flexibility index (Phi) is 5.31. The number of methoxy groups -OCH3 is 1. The van der Waals surface area contributed by atoms with Crippen molar-refractivity contribution in [3.05, 3.63) is 59.4 Å².